The molecule has 0 aromatic heterocycles. The number of aliphatic hydroxyl groups is 2. The largest absolute Gasteiger partial charge is 0.493 e. The van der Waals surface area contributed by atoms with Crippen molar-refractivity contribution in [3.8, 4) is 5.75 Å². The van der Waals surface area contributed by atoms with Gasteiger partial charge in [-0.2, -0.15) is 0 Å². The molecule has 1 rings (SSSR count). The first-order valence-electron chi connectivity index (χ1n) is 6.26. The molecule has 0 bridgehead atoms. The molecule has 6 heteroatoms. The van der Waals surface area contributed by atoms with Crippen LogP contribution in [0.2, 0.25) is 0 Å². The number of non-ortho nitro benzene ring substituents is 1. The number of benzene rings is 1. The molecule has 0 aliphatic rings. The number of aliphatic hydroxyl groups excluding tert-OH is 2. The van der Waals surface area contributed by atoms with Gasteiger partial charge < -0.3 is 14.9 Å². The number of nitrogens with zero attached hydrogens (tertiary/aromatic N) is 1. The summed E-state index contributed by atoms with van der Waals surface area (Å²) < 4.78 is 5.52. The zero-order chi connectivity index (χ0) is 14.3. The molecule has 0 spiro atoms. The van der Waals surface area contributed by atoms with E-state index >= 15 is 0 Å². The van der Waals surface area contributed by atoms with E-state index in [4.69, 9.17) is 9.84 Å². The number of unbranched alkanes of at least 4 members (excludes halogenated alkanes) is 2. The molecule has 106 valence electrons. The van der Waals surface area contributed by atoms with Gasteiger partial charge in [0.25, 0.3) is 5.69 Å². The van der Waals surface area contributed by atoms with E-state index in [1.165, 1.54) is 25.1 Å². The highest BCUT2D eigenvalue weighted by molar-refractivity contribution is 5.44. The molecule has 2 N–H and O–H groups in total. The van der Waals surface area contributed by atoms with Gasteiger partial charge in [-0.15, -0.1) is 0 Å². The zero-order valence-corrected chi connectivity index (χ0v) is 10.9. The van der Waals surface area contributed by atoms with Gasteiger partial charge in [0, 0.05) is 24.3 Å². The Bertz CT molecular complexity index is 419. The lowest BCUT2D eigenvalue weighted by Gasteiger charge is -2.13. The molecule has 1 atom stereocenters. The van der Waals surface area contributed by atoms with Crippen LogP contribution in [0.5, 0.6) is 5.75 Å². The molecule has 0 heterocycles. The predicted molar refractivity (Wildman–Crippen MR) is 70.2 cm³/mol. The summed E-state index contributed by atoms with van der Waals surface area (Å²) in [5.41, 5.74) is 0.347. The summed E-state index contributed by atoms with van der Waals surface area (Å²) in [6.45, 7) is 2.16. The summed E-state index contributed by atoms with van der Waals surface area (Å²) in [5, 5.41) is 28.9. The average molecular weight is 269 g/mol. The number of rotatable bonds is 8. The fourth-order valence-electron chi connectivity index (χ4n) is 1.68. The van der Waals surface area contributed by atoms with Crippen LogP contribution in [0.4, 0.5) is 5.69 Å². The molecule has 0 saturated heterocycles. The molecule has 6 nitrogen and oxygen atoms in total. The van der Waals surface area contributed by atoms with Crippen molar-refractivity contribution in [2.75, 3.05) is 13.2 Å². The van der Waals surface area contributed by atoms with E-state index in [1.54, 1.807) is 0 Å². The van der Waals surface area contributed by atoms with Gasteiger partial charge in [-0.05, 0) is 32.3 Å². The van der Waals surface area contributed by atoms with Crippen molar-refractivity contribution in [1.82, 2.24) is 0 Å². The van der Waals surface area contributed by atoms with E-state index in [1.807, 2.05) is 0 Å². The Morgan fingerprint density at radius 3 is 2.68 bits per heavy atom. The van der Waals surface area contributed by atoms with Crippen LogP contribution >= 0.6 is 0 Å². The van der Waals surface area contributed by atoms with Gasteiger partial charge in [-0.25, -0.2) is 0 Å². The first-order valence-corrected chi connectivity index (χ1v) is 6.26. The number of hydrogen-bond acceptors (Lipinski definition) is 5. The van der Waals surface area contributed by atoms with Crippen LogP contribution in [0.25, 0.3) is 0 Å². The van der Waals surface area contributed by atoms with Gasteiger partial charge in [0.15, 0.2) is 0 Å². The second-order valence-electron chi connectivity index (χ2n) is 4.29. The van der Waals surface area contributed by atoms with E-state index in [0.29, 0.717) is 17.9 Å². The maximum Gasteiger partial charge on any atom is 0.270 e. The highest BCUT2D eigenvalue weighted by atomic mass is 16.6. The highest BCUT2D eigenvalue weighted by Crippen LogP contribution is 2.29. The SMILES string of the molecule is C[C@H](O)c1cc([N+](=O)[O-])ccc1OCCCCCO. The summed E-state index contributed by atoms with van der Waals surface area (Å²) in [5.74, 6) is 0.463. The molecule has 1 aromatic rings. The van der Waals surface area contributed by atoms with Crippen LogP contribution in [-0.2, 0) is 0 Å². The van der Waals surface area contributed by atoms with E-state index in [9.17, 15) is 15.2 Å². The second-order valence-corrected chi connectivity index (χ2v) is 4.29. The molecular formula is C13H19NO5. The molecule has 0 unspecified atom stereocenters. The normalized spacial score (nSPS) is 12.2. The van der Waals surface area contributed by atoms with Crippen LogP contribution < -0.4 is 4.74 Å². The lowest BCUT2D eigenvalue weighted by atomic mass is 10.1. The summed E-state index contributed by atoms with van der Waals surface area (Å²) in [6.07, 6.45) is 1.55. The first kappa shape index (κ1) is 15.4. The number of hydrogen-bond donors (Lipinski definition) is 2. The molecular weight excluding hydrogens is 250 g/mol. The fourth-order valence-corrected chi connectivity index (χ4v) is 1.68. The van der Waals surface area contributed by atoms with Crippen molar-refractivity contribution in [3.05, 3.63) is 33.9 Å². The van der Waals surface area contributed by atoms with Crippen molar-refractivity contribution in [1.29, 1.82) is 0 Å². The third kappa shape index (κ3) is 4.84. The average Bonchev–Trinajstić information content (AvgIpc) is 2.38. The number of ether oxygens (including phenoxy) is 1. The van der Waals surface area contributed by atoms with Crippen molar-refractivity contribution < 1.29 is 19.9 Å². The quantitative estimate of drug-likeness (QED) is 0.428. The Labute approximate surface area is 111 Å². The molecule has 1 aromatic carbocycles. The van der Waals surface area contributed by atoms with Gasteiger partial charge in [-0.1, -0.05) is 0 Å². The Morgan fingerprint density at radius 1 is 1.37 bits per heavy atom. The molecule has 0 amide bonds. The van der Waals surface area contributed by atoms with Gasteiger partial charge in [0.1, 0.15) is 5.75 Å². The molecule has 0 aliphatic heterocycles. The summed E-state index contributed by atoms with van der Waals surface area (Å²) in [4.78, 5) is 10.2. The van der Waals surface area contributed by atoms with Crippen LogP contribution in [0.1, 0.15) is 37.9 Å². The third-order valence-corrected chi connectivity index (χ3v) is 2.71. The summed E-state index contributed by atoms with van der Waals surface area (Å²) in [7, 11) is 0. The Kier molecular flexibility index (Phi) is 6.24. The molecule has 19 heavy (non-hydrogen) atoms. The predicted octanol–water partition coefficient (Wildman–Crippen LogP) is 2.19. The smallest absolute Gasteiger partial charge is 0.270 e. The summed E-state index contributed by atoms with van der Waals surface area (Å²) >= 11 is 0. The fraction of sp³-hybridized carbons (Fsp3) is 0.538. The zero-order valence-electron chi connectivity index (χ0n) is 10.9. The molecule has 0 fully saturated rings. The van der Waals surface area contributed by atoms with Crippen LogP contribution in [0, 0.1) is 10.1 Å². The number of nitro groups is 1. The van der Waals surface area contributed by atoms with Gasteiger partial charge in [0.2, 0.25) is 0 Å². The minimum atomic E-state index is -0.827. The maximum absolute atomic E-state index is 10.7. The van der Waals surface area contributed by atoms with E-state index in [2.05, 4.69) is 0 Å². The Balaban J connectivity index is 2.69. The van der Waals surface area contributed by atoms with Crippen LogP contribution in [0.3, 0.4) is 0 Å². The third-order valence-electron chi connectivity index (χ3n) is 2.71. The summed E-state index contributed by atoms with van der Waals surface area (Å²) in [6, 6.07) is 4.19. The Morgan fingerprint density at radius 2 is 2.11 bits per heavy atom. The van der Waals surface area contributed by atoms with Gasteiger partial charge in [-0.3, -0.25) is 10.1 Å². The topological polar surface area (TPSA) is 92.8 Å². The Hall–Kier alpha value is -1.66. The minimum Gasteiger partial charge on any atom is -0.493 e. The monoisotopic (exact) mass is 269 g/mol. The van der Waals surface area contributed by atoms with Crippen LogP contribution in [-0.4, -0.2) is 28.4 Å². The van der Waals surface area contributed by atoms with E-state index in [-0.39, 0.29) is 12.3 Å². The van der Waals surface area contributed by atoms with Crippen molar-refractivity contribution >= 4 is 5.69 Å². The van der Waals surface area contributed by atoms with E-state index < -0.39 is 11.0 Å². The lowest BCUT2D eigenvalue weighted by molar-refractivity contribution is -0.385. The minimum absolute atomic E-state index is 0.0662. The van der Waals surface area contributed by atoms with E-state index in [0.717, 1.165) is 19.3 Å². The second kappa shape index (κ2) is 7.70. The van der Waals surface area contributed by atoms with Gasteiger partial charge in [0.05, 0.1) is 17.6 Å². The van der Waals surface area contributed by atoms with Crippen molar-refractivity contribution in [2.45, 2.75) is 32.3 Å². The van der Waals surface area contributed by atoms with Crippen molar-refractivity contribution in [2.24, 2.45) is 0 Å². The molecule has 0 aliphatic carbocycles. The van der Waals surface area contributed by atoms with Crippen molar-refractivity contribution in [3.63, 3.8) is 0 Å². The highest BCUT2D eigenvalue weighted by Gasteiger charge is 2.15. The molecule has 0 saturated carbocycles. The standard InChI is InChI=1S/C13H19NO5/c1-10(16)12-9-11(14(17)18)5-6-13(12)19-8-4-2-3-7-15/h5-6,9-10,15-16H,2-4,7-8H2,1H3/t10-/m0/s1. The lowest BCUT2D eigenvalue weighted by Crippen LogP contribution is -2.03. The number of nitro benzene ring substituents is 1. The molecule has 0 radical (unpaired) electrons. The van der Waals surface area contributed by atoms with Gasteiger partial charge >= 0.3 is 0 Å². The maximum atomic E-state index is 10.7. The van der Waals surface area contributed by atoms with Crippen LogP contribution in [0.15, 0.2) is 18.2 Å². The first-order chi connectivity index (χ1) is 9.06.